The van der Waals surface area contributed by atoms with Crippen LogP contribution in [-0.2, 0) is 17.9 Å². The van der Waals surface area contributed by atoms with Gasteiger partial charge in [-0.3, -0.25) is 9.69 Å². The summed E-state index contributed by atoms with van der Waals surface area (Å²) in [6, 6.07) is 8.29. The molecule has 9 nitrogen and oxygen atoms in total. The van der Waals surface area contributed by atoms with E-state index in [9.17, 15) is 9.59 Å². The number of hydrogen-bond acceptors (Lipinski definition) is 5. The van der Waals surface area contributed by atoms with Gasteiger partial charge in [-0.1, -0.05) is 24.3 Å². The van der Waals surface area contributed by atoms with Crippen molar-refractivity contribution < 1.29 is 9.59 Å². The number of rotatable bonds is 7. The van der Waals surface area contributed by atoms with Crippen molar-refractivity contribution in [1.82, 2.24) is 35.2 Å². The lowest BCUT2D eigenvalue weighted by Crippen LogP contribution is -2.56. The first-order valence-corrected chi connectivity index (χ1v) is 10.6. The summed E-state index contributed by atoms with van der Waals surface area (Å²) in [4.78, 5) is 32.7. The largest absolute Gasteiger partial charge is 0.352 e. The Morgan fingerprint density at radius 3 is 2.43 bits per heavy atom. The van der Waals surface area contributed by atoms with Crippen LogP contribution in [0.25, 0.3) is 0 Å². The molecule has 0 spiro atoms. The zero-order valence-corrected chi connectivity index (χ0v) is 17.3. The van der Waals surface area contributed by atoms with Crippen molar-refractivity contribution >= 4 is 11.9 Å². The summed E-state index contributed by atoms with van der Waals surface area (Å²) in [6.07, 6.45) is 5.40. The molecule has 1 saturated heterocycles. The molecule has 0 bridgehead atoms. The Balaban J connectivity index is 1.19. The topological polar surface area (TPSA) is 95.4 Å². The average molecular weight is 412 g/mol. The van der Waals surface area contributed by atoms with E-state index in [1.165, 1.54) is 6.33 Å². The Labute approximate surface area is 176 Å². The second-order valence-electron chi connectivity index (χ2n) is 8.05. The van der Waals surface area contributed by atoms with Gasteiger partial charge in [0.05, 0.1) is 12.6 Å². The Morgan fingerprint density at radius 2 is 1.80 bits per heavy atom. The molecule has 0 radical (unpaired) electrons. The minimum Gasteiger partial charge on any atom is -0.352 e. The minimum atomic E-state index is -0.146. The van der Waals surface area contributed by atoms with E-state index in [-0.39, 0.29) is 18.0 Å². The smallest absolute Gasteiger partial charge is 0.317 e. The fourth-order valence-electron chi connectivity index (χ4n) is 3.58. The van der Waals surface area contributed by atoms with Crippen LogP contribution in [0.1, 0.15) is 30.9 Å². The Hall–Kier alpha value is -2.94. The highest BCUT2D eigenvalue weighted by Crippen LogP contribution is 2.19. The van der Waals surface area contributed by atoms with Crippen molar-refractivity contribution in [3.63, 3.8) is 0 Å². The number of aromatic nitrogens is 3. The quantitative estimate of drug-likeness (QED) is 0.703. The summed E-state index contributed by atoms with van der Waals surface area (Å²) >= 11 is 0. The lowest BCUT2D eigenvalue weighted by molar-refractivity contribution is -0.126. The Kier molecular flexibility index (Phi) is 6.27. The van der Waals surface area contributed by atoms with Crippen molar-refractivity contribution in [2.45, 2.75) is 44.9 Å². The van der Waals surface area contributed by atoms with E-state index in [1.807, 2.05) is 36.1 Å². The number of piperazine rings is 1. The number of urea groups is 1. The number of carbonyl (C=O) groups excluding carboxylic acids is 2. The van der Waals surface area contributed by atoms with Gasteiger partial charge in [-0.2, -0.15) is 5.10 Å². The fourth-order valence-corrected chi connectivity index (χ4v) is 3.58. The lowest BCUT2D eigenvalue weighted by Gasteiger charge is -2.37. The predicted octanol–water partition coefficient (Wildman–Crippen LogP) is 0.821. The van der Waals surface area contributed by atoms with Gasteiger partial charge in [-0.15, -0.1) is 0 Å². The van der Waals surface area contributed by atoms with Crippen LogP contribution in [0.5, 0.6) is 0 Å². The van der Waals surface area contributed by atoms with E-state index in [0.29, 0.717) is 45.3 Å². The maximum Gasteiger partial charge on any atom is 0.317 e. The highest BCUT2D eigenvalue weighted by Gasteiger charge is 2.30. The van der Waals surface area contributed by atoms with Crippen molar-refractivity contribution in [2.24, 2.45) is 0 Å². The van der Waals surface area contributed by atoms with Gasteiger partial charge in [0, 0.05) is 38.8 Å². The molecular formula is C21H29N7O2. The third kappa shape index (κ3) is 5.35. The van der Waals surface area contributed by atoms with Gasteiger partial charge in [0.1, 0.15) is 12.7 Å². The number of carbonyl (C=O) groups is 2. The first-order valence-electron chi connectivity index (χ1n) is 10.6. The molecule has 4 rings (SSSR count). The van der Waals surface area contributed by atoms with Crippen LogP contribution in [0, 0.1) is 0 Å². The molecular weight excluding hydrogens is 382 g/mol. The third-order valence-electron chi connectivity index (χ3n) is 5.73. The van der Waals surface area contributed by atoms with E-state index >= 15 is 0 Å². The number of nitrogens with one attached hydrogen (secondary N) is 2. The van der Waals surface area contributed by atoms with E-state index in [1.54, 1.807) is 11.0 Å². The molecule has 2 fully saturated rings. The van der Waals surface area contributed by atoms with Gasteiger partial charge in [-0.05, 0) is 30.9 Å². The van der Waals surface area contributed by atoms with Crippen LogP contribution in [0.4, 0.5) is 4.79 Å². The predicted molar refractivity (Wildman–Crippen MR) is 112 cm³/mol. The average Bonchev–Trinajstić information content (AvgIpc) is 3.44. The molecule has 1 saturated carbocycles. The van der Waals surface area contributed by atoms with Crippen molar-refractivity contribution in [2.75, 3.05) is 26.2 Å². The van der Waals surface area contributed by atoms with Crippen LogP contribution < -0.4 is 10.6 Å². The maximum atomic E-state index is 12.5. The monoisotopic (exact) mass is 411 g/mol. The first-order chi connectivity index (χ1) is 14.6. The molecule has 1 aromatic heterocycles. The molecule has 1 aliphatic heterocycles. The summed E-state index contributed by atoms with van der Waals surface area (Å²) in [7, 11) is 0. The van der Waals surface area contributed by atoms with Crippen LogP contribution in [0.15, 0.2) is 36.9 Å². The molecule has 2 N–H and O–H groups in total. The molecule has 1 atom stereocenters. The lowest BCUT2D eigenvalue weighted by atomic mass is 10.1. The zero-order valence-electron chi connectivity index (χ0n) is 17.3. The van der Waals surface area contributed by atoms with Crippen LogP contribution >= 0.6 is 0 Å². The molecule has 9 heteroatoms. The molecule has 1 unspecified atom stereocenters. The molecule has 2 aliphatic rings. The SMILES string of the molecule is CC(C(=O)NC1CC1)N1CCN(C(=O)NCc2ccc(Cn3cncn3)cc2)CC1. The zero-order chi connectivity index (χ0) is 20.9. The van der Waals surface area contributed by atoms with Gasteiger partial charge in [0.2, 0.25) is 5.91 Å². The molecule has 1 aliphatic carbocycles. The van der Waals surface area contributed by atoms with E-state index in [2.05, 4.69) is 25.6 Å². The normalized spacial score (nSPS) is 18.1. The van der Waals surface area contributed by atoms with E-state index in [4.69, 9.17) is 0 Å². The highest BCUT2D eigenvalue weighted by molar-refractivity contribution is 5.82. The molecule has 2 aromatic rings. The van der Waals surface area contributed by atoms with Gasteiger partial charge in [0.25, 0.3) is 0 Å². The van der Waals surface area contributed by atoms with Gasteiger partial charge in [0.15, 0.2) is 0 Å². The number of benzene rings is 1. The van der Waals surface area contributed by atoms with Gasteiger partial charge in [-0.25, -0.2) is 14.5 Å². The highest BCUT2D eigenvalue weighted by atomic mass is 16.2. The minimum absolute atomic E-state index is 0.0589. The second kappa shape index (κ2) is 9.25. The Morgan fingerprint density at radius 1 is 1.10 bits per heavy atom. The van der Waals surface area contributed by atoms with Crippen LogP contribution in [-0.4, -0.2) is 74.8 Å². The molecule has 160 valence electrons. The summed E-state index contributed by atoms with van der Waals surface area (Å²) in [5.41, 5.74) is 2.18. The van der Waals surface area contributed by atoms with Crippen molar-refractivity contribution in [3.05, 3.63) is 48.0 Å². The van der Waals surface area contributed by atoms with E-state index in [0.717, 1.165) is 24.0 Å². The van der Waals surface area contributed by atoms with Crippen molar-refractivity contribution in [1.29, 1.82) is 0 Å². The van der Waals surface area contributed by atoms with Crippen LogP contribution in [0.2, 0.25) is 0 Å². The molecule has 1 aromatic carbocycles. The summed E-state index contributed by atoms with van der Waals surface area (Å²) in [5, 5.41) is 10.2. The fraction of sp³-hybridized carbons (Fsp3) is 0.524. The van der Waals surface area contributed by atoms with Gasteiger partial charge < -0.3 is 15.5 Å². The first kappa shape index (κ1) is 20.3. The summed E-state index contributed by atoms with van der Waals surface area (Å²) in [6.45, 7) is 5.79. The molecule has 30 heavy (non-hydrogen) atoms. The molecule has 2 heterocycles. The third-order valence-corrected chi connectivity index (χ3v) is 5.73. The number of amides is 3. The van der Waals surface area contributed by atoms with Crippen molar-refractivity contribution in [3.8, 4) is 0 Å². The number of nitrogens with zero attached hydrogens (tertiary/aromatic N) is 5. The maximum absolute atomic E-state index is 12.5. The Bertz CT molecular complexity index is 841. The summed E-state index contributed by atoms with van der Waals surface area (Å²) < 4.78 is 1.77. The molecule has 3 amide bonds. The second-order valence-corrected chi connectivity index (χ2v) is 8.05. The van der Waals surface area contributed by atoms with E-state index < -0.39 is 0 Å². The van der Waals surface area contributed by atoms with Gasteiger partial charge >= 0.3 is 6.03 Å². The standard InChI is InChI=1S/C21H29N7O2/c1-16(20(29)25-19-6-7-19)26-8-10-27(11-9-26)21(30)23-12-17-2-4-18(5-3-17)13-28-15-22-14-24-28/h2-5,14-16,19H,6-13H2,1H3,(H,23,30)(H,25,29). The summed E-state index contributed by atoms with van der Waals surface area (Å²) in [5.74, 6) is 0.0997. The number of hydrogen-bond donors (Lipinski definition) is 2. The van der Waals surface area contributed by atoms with Crippen LogP contribution in [0.3, 0.4) is 0 Å².